The summed E-state index contributed by atoms with van der Waals surface area (Å²) in [6.07, 6.45) is 4.41. The lowest BCUT2D eigenvalue weighted by Gasteiger charge is -2.17. The predicted molar refractivity (Wildman–Crippen MR) is 63.0 cm³/mol. The number of fused-ring (bicyclic) bond motifs is 1. The quantitative estimate of drug-likeness (QED) is 0.811. The van der Waals surface area contributed by atoms with Gasteiger partial charge in [0.1, 0.15) is 6.04 Å². The van der Waals surface area contributed by atoms with Crippen LogP contribution in [0.4, 0.5) is 0 Å². The second-order valence-electron chi connectivity index (χ2n) is 4.15. The van der Waals surface area contributed by atoms with Gasteiger partial charge in [-0.25, -0.2) is 0 Å². The highest BCUT2D eigenvalue weighted by molar-refractivity contribution is 5.74. The van der Waals surface area contributed by atoms with Crippen molar-refractivity contribution < 1.29 is 9.90 Å². The van der Waals surface area contributed by atoms with E-state index in [1.54, 1.807) is 0 Å². The Morgan fingerprint density at radius 1 is 1.38 bits per heavy atom. The van der Waals surface area contributed by atoms with Gasteiger partial charge in [0.25, 0.3) is 0 Å². The summed E-state index contributed by atoms with van der Waals surface area (Å²) in [5.74, 6) is -0.931. The number of hydrogen-bond acceptors (Lipinski definition) is 2. The van der Waals surface area contributed by atoms with Crippen LogP contribution in [0.2, 0.25) is 0 Å². The second-order valence-corrected chi connectivity index (χ2v) is 4.15. The number of rotatable bonds is 3. The van der Waals surface area contributed by atoms with Gasteiger partial charge in [-0.3, -0.25) is 4.79 Å². The Balaban J connectivity index is 2.15. The number of carbonyl (C=O) groups is 1. The lowest BCUT2D eigenvalue weighted by atomic mass is 9.89. The van der Waals surface area contributed by atoms with Crippen molar-refractivity contribution in [3.05, 3.63) is 41.0 Å². The van der Waals surface area contributed by atoms with Crippen LogP contribution in [0, 0.1) is 0 Å². The minimum Gasteiger partial charge on any atom is -0.480 e. The largest absolute Gasteiger partial charge is 0.480 e. The van der Waals surface area contributed by atoms with Crippen LogP contribution in [-0.2, 0) is 11.2 Å². The molecule has 0 aliphatic heterocycles. The first-order valence-electron chi connectivity index (χ1n) is 5.42. The fourth-order valence-corrected chi connectivity index (χ4v) is 2.02. The fourth-order valence-electron chi connectivity index (χ4n) is 2.02. The van der Waals surface area contributed by atoms with Gasteiger partial charge in [0.15, 0.2) is 0 Å². The minimum atomic E-state index is -0.931. The molecule has 16 heavy (non-hydrogen) atoms. The molecule has 1 atom stereocenters. The molecule has 0 heterocycles. The first kappa shape index (κ1) is 10.9. The third-order valence-electron chi connectivity index (χ3n) is 2.93. The molecule has 0 saturated heterocycles. The van der Waals surface area contributed by atoms with Gasteiger partial charge in [-0.2, -0.15) is 0 Å². The van der Waals surface area contributed by atoms with E-state index in [9.17, 15) is 4.79 Å². The van der Waals surface area contributed by atoms with Gasteiger partial charge in [0, 0.05) is 0 Å². The van der Waals surface area contributed by atoms with Crippen molar-refractivity contribution in [2.45, 2.75) is 25.3 Å². The van der Waals surface area contributed by atoms with Gasteiger partial charge in [-0.1, -0.05) is 35.9 Å². The van der Waals surface area contributed by atoms with E-state index >= 15 is 0 Å². The van der Waals surface area contributed by atoms with Gasteiger partial charge in [0.05, 0.1) is 0 Å². The molecule has 84 valence electrons. The van der Waals surface area contributed by atoms with Crippen LogP contribution >= 0.6 is 0 Å². The molecule has 0 spiro atoms. The number of carboxylic acid groups (broad SMARTS) is 1. The van der Waals surface area contributed by atoms with Crippen molar-refractivity contribution in [2.75, 3.05) is 0 Å². The van der Waals surface area contributed by atoms with E-state index in [0.717, 1.165) is 18.4 Å². The Kier molecular flexibility index (Phi) is 3.06. The first-order valence-corrected chi connectivity index (χ1v) is 5.42. The Morgan fingerprint density at radius 2 is 2.12 bits per heavy atom. The maximum atomic E-state index is 10.7. The zero-order chi connectivity index (χ0) is 11.5. The molecular formula is C13H15NO2. The predicted octanol–water partition coefficient (Wildman–Crippen LogP) is 1.82. The van der Waals surface area contributed by atoms with Crippen LogP contribution < -0.4 is 5.73 Å². The normalized spacial score (nSPS) is 16.2. The highest BCUT2D eigenvalue weighted by atomic mass is 16.4. The highest BCUT2D eigenvalue weighted by Gasteiger charge is 2.16. The van der Waals surface area contributed by atoms with Gasteiger partial charge >= 0.3 is 5.97 Å². The Morgan fingerprint density at radius 3 is 2.88 bits per heavy atom. The number of aryl methyl sites for hydroxylation is 1. The topological polar surface area (TPSA) is 63.3 Å². The van der Waals surface area contributed by atoms with Crippen LogP contribution in [0.3, 0.4) is 0 Å². The molecule has 3 nitrogen and oxygen atoms in total. The van der Waals surface area contributed by atoms with Crippen LogP contribution in [0.15, 0.2) is 29.8 Å². The molecule has 3 N–H and O–H groups in total. The molecule has 3 heteroatoms. The fraction of sp³-hybridized carbons (Fsp3) is 0.308. The van der Waals surface area contributed by atoms with Crippen LogP contribution in [0.25, 0.3) is 6.08 Å². The Labute approximate surface area is 94.6 Å². The molecule has 0 fully saturated rings. The molecule has 1 unspecified atom stereocenters. The zero-order valence-electron chi connectivity index (χ0n) is 9.02. The lowest BCUT2D eigenvalue weighted by molar-refractivity contribution is -0.138. The molecule has 1 aromatic rings. The summed E-state index contributed by atoms with van der Waals surface area (Å²) in [6.45, 7) is 0. The molecule has 1 aromatic carbocycles. The van der Waals surface area contributed by atoms with Crippen molar-refractivity contribution in [1.82, 2.24) is 0 Å². The van der Waals surface area contributed by atoms with Crippen molar-refractivity contribution in [3.8, 4) is 0 Å². The SMILES string of the molecule is NC(CC1=Cc2ccccc2CC1)C(=O)O. The summed E-state index contributed by atoms with van der Waals surface area (Å²) in [7, 11) is 0. The number of hydrogen-bond donors (Lipinski definition) is 2. The van der Waals surface area contributed by atoms with Crippen molar-refractivity contribution >= 4 is 12.0 Å². The molecule has 0 saturated carbocycles. The highest BCUT2D eigenvalue weighted by Crippen LogP contribution is 2.25. The molecule has 0 aromatic heterocycles. The number of carboxylic acids is 1. The monoisotopic (exact) mass is 217 g/mol. The number of benzene rings is 1. The summed E-state index contributed by atoms with van der Waals surface area (Å²) < 4.78 is 0. The summed E-state index contributed by atoms with van der Waals surface area (Å²) in [5, 5.41) is 8.76. The third-order valence-corrected chi connectivity index (χ3v) is 2.93. The smallest absolute Gasteiger partial charge is 0.320 e. The molecule has 1 aliphatic rings. The first-order chi connectivity index (χ1) is 7.66. The molecule has 0 bridgehead atoms. The average Bonchev–Trinajstić information content (AvgIpc) is 2.28. The van der Waals surface area contributed by atoms with E-state index in [4.69, 9.17) is 10.8 Å². The summed E-state index contributed by atoms with van der Waals surface area (Å²) in [6, 6.07) is 7.41. The summed E-state index contributed by atoms with van der Waals surface area (Å²) >= 11 is 0. The van der Waals surface area contributed by atoms with E-state index < -0.39 is 12.0 Å². The number of nitrogens with two attached hydrogens (primary N) is 1. The zero-order valence-corrected chi connectivity index (χ0v) is 9.02. The Bertz CT molecular complexity index is 437. The van der Waals surface area contributed by atoms with Crippen molar-refractivity contribution in [2.24, 2.45) is 5.73 Å². The van der Waals surface area contributed by atoms with Gasteiger partial charge in [-0.05, 0) is 30.4 Å². The molecule has 1 aliphatic carbocycles. The molecule has 0 radical (unpaired) electrons. The summed E-state index contributed by atoms with van der Waals surface area (Å²) in [5.41, 5.74) is 9.18. The van der Waals surface area contributed by atoms with E-state index in [-0.39, 0.29) is 0 Å². The van der Waals surface area contributed by atoms with Crippen molar-refractivity contribution in [1.29, 1.82) is 0 Å². The molecule has 0 amide bonds. The van der Waals surface area contributed by atoms with Gasteiger partial charge < -0.3 is 10.8 Å². The lowest BCUT2D eigenvalue weighted by Crippen LogP contribution is -2.30. The average molecular weight is 217 g/mol. The van der Waals surface area contributed by atoms with Gasteiger partial charge in [-0.15, -0.1) is 0 Å². The van der Waals surface area contributed by atoms with E-state index in [2.05, 4.69) is 18.2 Å². The second kappa shape index (κ2) is 4.49. The van der Waals surface area contributed by atoms with Crippen LogP contribution in [-0.4, -0.2) is 17.1 Å². The maximum Gasteiger partial charge on any atom is 0.320 e. The van der Waals surface area contributed by atoms with E-state index in [1.165, 1.54) is 11.1 Å². The van der Waals surface area contributed by atoms with Gasteiger partial charge in [0.2, 0.25) is 0 Å². The number of aliphatic carboxylic acids is 1. The summed E-state index contributed by atoms with van der Waals surface area (Å²) in [4.78, 5) is 10.7. The third kappa shape index (κ3) is 2.31. The standard InChI is InChI=1S/C13H15NO2/c14-12(13(15)16)8-9-5-6-10-3-1-2-4-11(10)7-9/h1-4,7,12H,5-6,8,14H2,(H,15,16). The molecule has 2 rings (SSSR count). The maximum absolute atomic E-state index is 10.7. The minimum absolute atomic E-state index is 0.448. The van der Waals surface area contributed by atoms with E-state index in [1.807, 2.05) is 12.1 Å². The molecular weight excluding hydrogens is 202 g/mol. The van der Waals surface area contributed by atoms with E-state index in [0.29, 0.717) is 6.42 Å². The Hall–Kier alpha value is -1.61. The van der Waals surface area contributed by atoms with Crippen LogP contribution in [0.1, 0.15) is 24.0 Å². The van der Waals surface area contributed by atoms with Crippen LogP contribution in [0.5, 0.6) is 0 Å². The van der Waals surface area contributed by atoms with Crippen molar-refractivity contribution in [3.63, 3.8) is 0 Å².